The van der Waals surface area contributed by atoms with E-state index in [-0.39, 0.29) is 11.7 Å². The number of anilines is 1. The number of nitrogens with zero attached hydrogens (tertiary/aromatic N) is 4. The normalized spacial score (nSPS) is 13.5. The number of imidazole rings is 1. The minimum absolute atomic E-state index is 0.190. The van der Waals surface area contributed by atoms with Gasteiger partial charge in [0.1, 0.15) is 17.2 Å². The Bertz CT molecular complexity index is 1620. The number of halogens is 1. The molecule has 0 amide bonds. The molecule has 3 aromatic heterocycles. The lowest BCUT2D eigenvalue weighted by Crippen LogP contribution is -2.08. The number of aromatic nitrogens is 5. The zero-order chi connectivity index (χ0) is 27.5. The summed E-state index contributed by atoms with van der Waals surface area (Å²) in [6, 6.07) is 5.18. The number of pyridine rings is 1. The van der Waals surface area contributed by atoms with Crippen molar-refractivity contribution in [1.29, 1.82) is 0 Å². The molecule has 7 nitrogen and oxygen atoms in total. The number of fused-ring (bicyclic) bond motifs is 1. The molecule has 0 spiro atoms. The van der Waals surface area contributed by atoms with E-state index in [2.05, 4.69) is 76.1 Å². The van der Waals surface area contributed by atoms with Gasteiger partial charge in [0, 0.05) is 47.2 Å². The molecule has 1 aliphatic carbocycles. The Morgan fingerprint density at radius 3 is 2.79 bits per heavy atom. The van der Waals surface area contributed by atoms with Gasteiger partial charge in [0.05, 0.1) is 23.1 Å². The highest BCUT2D eigenvalue weighted by molar-refractivity contribution is 6.14. The highest BCUT2D eigenvalue weighted by Crippen LogP contribution is 2.34. The van der Waals surface area contributed by atoms with Crippen LogP contribution in [-0.2, 0) is 0 Å². The third-order valence-corrected chi connectivity index (χ3v) is 6.88. The molecule has 3 N–H and O–H groups in total. The molecule has 0 saturated heterocycles. The van der Waals surface area contributed by atoms with Crippen LogP contribution in [0.15, 0.2) is 71.7 Å². The first-order valence-electron chi connectivity index (χ1n) is 13.4. The summed E-state index contributed by atoms with van der Waals surface area (Å²) in [4.78, 5) is 17.4. The van der Waals surface area contributed by atoms with Crippen molar-refractivity contribution < 1.29 is 4.39 Å². The van der Waals surface area contributed by atoms with E-state index in [1.54, 1.807) is 19.4 Å². The first kappa shape index (κ1) is 26.3. The van der Waals surface area contributed by atoms with Gasteiger partial charge in [-0.2, -0.15) is 5.10 Å². The van der Waals surface area contributed by atoms with Gasteiger partial charge in [-0.15, -0.1) is 0 Å². The fourth-order valence-electron chi connectivity index (χ4n) is 4.85. The van der Waals surface area contributed by atoms with Crippen molar-refractivity contribution in [2.75, 3.05) is 12.4 Å². The summed E-state index contributed by atoms with van der Waals surface area (Å²) >= 11 is 0. The van der Waals surface area contributed by atoms with Crippen LogP contribution in [0.25, 0.3) is 33.5 Å². The Kier molecular flexibility index (Phi) is 7.54. The minimum Gasteiger partial charge on any atom is -0.358 e. The third kappa shape index (κ3) is 5.32. The van der Waals surface area contributed by atoms with Crippen LogP contribution in [0.5, 0.6) is 0 Å². The van der Waals surface area contributed by atoms with Gasteiger partial charge in [0.2, 0.25) is 0 Å². The zero-order valence-electron chi connectivity index (χ0n) is 22.9. The molecule has 1 aliphatic rings. The molecular weight excluding hydrogens is 489 g/mol. The number of aliphatic imine (C=N–C) groups is 1. The van der Waals surface area contributed by atoms with Gasteiger partial charge in [0.15, 0.2) is 5.82 Å². The van der Waals surface area contributed by atoms with Crippen molar-refractivity contribution in [3.05, 3.63) is 83.9 Å². The van der Waals surface area contributed by atoms with Crippen LogP contribution in [0.4, 0.5) is 10.1 Å². The zero-order valence-corrected chi connectivity index (χ0v) is 22.9. The monoisotopic (exact) mass is 523 g/mol. The van der Waals surface area contributed by atoms with Gasteiger partial charge >= 0.3 is 0 Å². The Labute approximate surface area is 228 Å². The van der Waals surface area contributed by atoms with Crippen LogP contribution in [0.3, 0.4) is 0 Å². The number of allylic oxidation sites excluding steroid dienone is 5. The van der Waals surface area contributed by atoms with Crippen molar-refractivity contribution in [2.45, 2.75) is 52.4 Å². The van der Waals surface area contributed by atoms with Gasteiger partial charge < -0.3 is 10.3 Å². The average Bonchev–Trinajstić information content (AvgIpc) is 3.68. The molecule has 0 unspecified atom stereocenters. The van der Waals surface area contributed by atoms with Crippen molar-refractivity contribution in [3.63, 3.8) is 0 Å². The first-order valence-corrected chi connectivity index (χ1v) is 13.4. The number of rotatable bonds is 10. The SMILES string of the molecule is C=C(CCCC)Nc1cncc(-c2cc3c(-c4nc(C(=NC)C5=CCC=C5)c(C(C)C)[nH]4)n[nH]c3cc2F)c1. The lowest BCUT2D eigenvalue weighted by atomic mass is 10.0. The van der Waals surface area contributed by atoms with Crippen molar-refractivity contribution in [3.8, 4) is 22.6 Å². The quantitative estimate of drug-likeness (QED) is 0.186. The van der Waals surface area contributed by atoms with Crippen molar-refractivity contribution >= 4 is 22.3 Å². The summed E-state index contributed by atoms with van der Waals surface area (Å²) in [6.45, 7) is 10.5. The van der Waals surface area contributed by atoms with E-state index in [0.29, 0.717) is 28.2 Å². The summed E-state index contributed by atoms with van der Waals surface area (Å²) in [6.07, 6.45) is 13.6. The molecule has 0 aliphatic heterocycles. The molecular formula is C31H34FN7. The third-order valence-electron chi connectivity index (χ3n) is 6.88. The molecule has 200 valence electrons. The van der Waals surface area contributed by atoms with Crippen molar-refractivity contribution in [1.82, 2.24) is 25.1 Å². The fourth-order valence-corrected chi connectivity index (χ4v) is 4.85. The molecule has 1 aromatic carbocycles. The molecule has 0 saturated carbocycles. The van der Waals surface area contributed by atoms with Crippen molar-refractivity contribution in [2.24, 2.45) is 4.99 Å². The topological polar surface area (TPSA) is 94.6 Å². The Morgan fingerprint density at radius 1 is 1.23 bits per heavy atom. The van der Waals surface area contributed by atoms with Gasteiger partial charge in [0.25, 0.3) is 0 Å². The minimum atomic E-state index is -0.357. The summed E-state index contributed by atoms with van der Waals surface area (Å²) in [5.74, 6) is 0.447. The number of aromatic amines is 2. The maximum absolute atomic E-state index is 15.3. The molecule has 39 heavy (non-hydrogen) atoms. The van der Waals surface area contributed by atoms with E-state index in [1.807, 2.05) is 12.1 Å². The largest absolute Gasteiger partial charge is 0.358 e. The molecule has 0 bridgehead atoms. The average molecular weight is 524 g/mol. The van der Waals surface area contributed by atoms with E-state index in [4.69, 9.17) is 4.98 Å². The van der Waals surface area contributed by atoms with E-state index in [9.17, 15) is 0 Å². The summed E-state index contributed by atoms with van der Waals surface area (Å²) in [5.41, 5.74) is 7.71. The van der Waals surface area contributed by atoms with Crippen LogP contribution in [-0.4, -0.2) is 37.9 Å². The second-order valence-electron chi connectivity index (χ2n) is 10.1. The molecule has 4 aromatic rings. The van der Waals surface area contributed by atoms with Crippen LogP contribution in [0, 0.1) is 5.82 Å². The van der Waals surface area contributed by atoms with Crippen LogP contribution < -0.4 is 5.32 Å². The Morgan fingerprint density at radius 2 is 2.08 bits per heavy atom. The molecule has 5 rings (SSSR count). The molecule has 0 radical (unpaired) electrons. The maximum Gasteiger partial charge on any atom is 0.159 e. The van der Waals surface area contributed by atoms with Crippen LogP contribution in [0.1, 0.15) is 63.8 Å². The highest BCUT2D eigenvalue weighted by Gasteiger charge is 2.23. The van der Waals surface area contributed by atoms with Crippen LogP contribution >= 0.6 is 0 Å². The second kappa shape index (κ2) is 11.2. The predicted molar refractivity (Wildman–Crippen MR) is 158 cm³/mol. The van der Waals surface area contributed by atoms with E-state index >= 15 is 4.39 Å². The molecule has 0 atom stereocenters. The molecule has 8 heteroatoms. The van der Waals surface area contributed by atoms with Crippen LogP contribution in [0.2, 0.25) is 0 Å². The van der Waals surface area contributed by atoms with Gasteiger partial charge in [-0.1, -0.05) is 52.0 Å². The number of unbranched alkanes of at least 4 members (excludes halogenated alkanes) is 1. The lowest BCUT2D eigenvalue weighted by molar-refractivity contribution is 0.632. The predicted octanol–water partition coefficient (Wildman–Crippen LogP) is 7.70. The van der Waals surface area contributed by atoms with Gasteiger partial charge in [-0.3, -0.25) is 15.1 Å². The number of hydrogen-bond acceptors (Lipinski definition) is 5. The van der Waals surface area contributed by atoms with E-state index < -0.39 is 0 Å². The molecule has 3 heterocycles. The highest BCUT2D eigenvalue weighted by atomic mass is 19.1. The summed E-state index contributed by atoms with van der Waals surface area (Å²) in [5, 5.41) is 11.6. The van der Waals surface area contributed by atoms with Gasteiger partial charge in [-0.25, -0.2) is 9.37 Å². The van der Waals surface area contributed by atoms with E-state index in [1.165, 1.54) is 6.07 Å². The Hall–Kier alpha value is -4.33. The second-order valence-corrected chi connectivity index (χ2v) is 10.1. The molecule has 0 fully saturated rings. The smallest absolute Gasteiger partial charge is 0.159 e. The number of nitrogens with one attached hydrogen (secondary N) is 3. The lowest BCUT2D eigenvalue weighted by Gasteiger charge is -2.11. The summed E-state index contributed by atoms with van der Waals surface area (Å²) < 4.78 is 15.3. The Balaban J connectivity index is 1.55. The number of hydrogen-bond donors (Lipinski definition) is 3. The summed E-state index contributed by atoms with van der Waals surface area (Å²) in [7, 11) is 1.79. The first-order chi connectivity index (χ1) is 18.9. The number of H-pyrrole nitrogens is 2. The fraction of sp³-hybridized carbons (Fsp3) is 0.290. The standard InChI is InChI=1S/C31H34FN7/c1-6-7-10-19(4)35-22-13-21(16-34-17-22)23-14-24-26(15-25(23)32)38-39-29(24)31-36-27(18(2)3)30(37-31)28(33-5)20-11-8-9-12-20/h8,11-18,35H,4,6-7,9-10H2,1-3,5H3,(H,36,37)(H,38,39). The van der Waals surface area contributed by atoms with E-state index in [0.717, 1.165) is 65.1 Å². The number of benzene rings is 1. The maximum atomic E-state index is 15.3. The van der Waals surface area contributed by atoms with Gasteiger partial charge in [-0.05, 0) is 42.9 Å².